The van der Waals surface area contributed by atoms with Gasteiger partial charge in [-0.05, 0) is 54.8 Å². The van der Waals surface area contributed by atoms with Crippen molar-refractivity contribution in [3.05, 3.63) is 71.0 Å². The zero-order valence-corrected chi connectivity index (χ0v) is 17.7. The molecule has 0 unspecified atom stereocenters. The normalized spacial score (nSPS) is 14.7. The number of rotatable bonds is 6. The molecule has 4 rings (SSSR count). The molecule has 30 heavy (non-hydrogen) atoms. The second kappa shape index (κ2) is 8.63. The lowest BCUT2D eigenvalue weighted by Gasteiger charge is -2.15. The number of nitrogens with one attached hydrogen (secondary N) is 1. The third-order valence-electron chi connectivity index (χ3n) is 4.91. The van der Waals surface area contributed by atoms with Gasteiger partial charge in [0.2, 0.25) is 10.0 Å². The fourth-order valence-corrected chi connectivity index (χ4v) is 5.56. The van der Waals surface area contributed by atoms with Gasteiger partial charge in [-0.2, -0.15) is 4.31 Å². The van der Waals surface area contributed by atoms with Gasteiger partial charge in [-0.25, -0.2) is 17.8 Å². The van der Waals surface area contributed by atoms with Crippen LogP contribution in [-0.2, 0) is 16.6 Å². The minimum absolute atomic E-state index is 0.256. The van der Waals surface area contributed by atoms with Gasteiger partial charge in [0.1, 0.15) is 16.5 Å². The molecule has 0 saturated carbocycles. The molecule has 0 radical (unpaired) electrons. The second-order valence-corrected chi connectivity index (χ2v) is 9.78. The maximum atomic E-state index is 13.0. The Bertz CT molecular complexity index is 1140. The summed E-state index contributed by atoms with van der Waals surface area (Å²) in [5, 5.41) is 5.08. The molecule has 2 aromatic carbocycles. The highest BCUT2D eigenvalue weighted by molar-refractivity contribution is 7.89. The molecule has 1 fully saturated rings. The van der Waals surface area contributed by atoms with Crippen molar-refractivity contribution in [3.8, 4) is 10.6 Å². The summed E-state index contributed by atoms with van der Waals surface area (Å²) in [5.74, 6) is -0.652. The molecule has 1 aromatic heterocycles. The van der Waals surface area contributed by atoms with Crippen molar-refractivity contribution in [2.45, 2.75) is 24.3 Å². The van der Waals surface area contributed by atoms with E-state index in [0.29, 0.717) is 18.1 Å². The Morgan fingerprint density at radius 3 is 2.40 bits per heavy atom. The van der Waals surface area contributed by atoms with Crippen LogP contribution in [0.25, 0.3) is 10.6 Å². The summed E-state index contributed by atoms with van der Waals surface area (Å²) >= 11 is 1.31. The van der Waals surface area contributed by atoms with Crippen molar-refractivity contribution < 1.29 is 17.6 Å². The van der Waals surface area contributed by atoms with Crippen LogP contribution in [0.4, 0.5) is 4.39 Å². The summed E-state index contributed by atoms with van der Waals surface area (Å²) in [4.78, 5) is 17.0. The number of sulfonamides is 1. The lowest BCUT2D eigenvalue weighted by atomic mass is 10.2. The van der Waals surface area contributed by atoms with E-state index in [1.165, 1.54) is 27.8 Å². The maximum Gasteiger partial charge on any atom is 0.271 e. The number of thiazole rings is 1. The van der Waals surface area contributed by atoms with Crippen LogP contribution in [0, 0.1) is 5.82 Å². The minimum atomic E-state index is -3.44. The van der Waals surface area contributed by atoms with Gasteiger partial charge in [-0.15, -0.1) is 11.3 Å². The van der Waals surface area contributed by atoms with Crippen LogP contribution in [0.1, 0.15) is 28.9 Å². The van der Waals surface area contributed by atoms with E-state index in [-0.39, 0.29) is 28.9 Å². The topological polar surface area (TPSA) is 79.4 Å². The number of hydrogen-bond acceptors (Lipinski definition) is 5. The Balaban J connectivity index is 1.38. The number of nitrogens with zero attached hydrogens (tertiary/aromatic N) is 2. The van der Waals surface area contributed by atoms with Gasteiger partial charge in [-0.3, -0.25) is 4.79 Å². The second-order valence-electron chi connectivity index (χ2n) is 6.98. The van der Waals surface area contributed by atoms with Crippen LogP contribution in [0.2, 0.25) is 0 Å². The number of amides is 1. The molecule has 1 amide bonds. The average molecular weight is 446 g/mol. The summed E-state index contributed by atoms with van der Waals surface area (Å²) in [6.45, 7) is 1.38. The molecular weight excluding hydrogens is 425 g/mol. The van der Waals surface area contributed by atoms with Crippen LogP contribution in [-0.4, -0.2) is 36.7 Å². The minimum Gasteiger partial charge on any atom is -0.347 e. The third kappa shape index (κ3) is 4.43. The maximum absolute atomic E-state index is 13.0. The van der Waals surface area contributed by atoms with E-state index in [2.05, 4.69) is 10.3 Å². The van der Waals surface area contributed by atoms with E-state index in [4.69, 9.17) is 0 Å². The zero-order valence-electron chi connectivity index (χ0n) is 16.0. The fourth-order valence-electron chi connectivity index (χ4n) is 3.23. The SMILES string of the molecule is O=C(NCc1ccc(S(=O)(=O)N2CCCC2)cc1)c1csc(-c2ccc(F)cc2)n1. The number of carbonyl (C=O) groups is 1. The first-order valence-corrected chi connectivity index (χ1v) is 11.8. The quantitative estimate of drug-likeness (QED) is 0.628. The Labute approximate surface area is 178 Å². The Kier molecular flexibility index (Phi) is 5.94. The molecule has 0 aliphatic carbocycles. The molecule has 1 aliphatic rings. The van der Waals surface area contributed by atoms with Crippen molar-refractivity contribution in [2.75, 3.05) is 13.1 Å². The molecule has 1 N–H and O–H groups in total. The van der Waals surface area contributed by atoms with E-state index in [0.717, 1.165) is 24.0 Å². The van der Waals surface area contributed by atoms with Gasteiger partial charge in [0.15, 0.2) is 0 Å². The number of carbonyl (C=O) groups excluding carboxylic acids is 1. The zero-order chi connectivity index (χ0) is 21.1. The van der Waals surface area contributed by atoms with E-state index >= 15 is 0 Å². The highest BCUT2D eigenvalue weighted by atomic mass is 32.2. The Morgan fingerprint density at radius 1 is 1.07 bits per heavy atom. The first kappa shape index (κ1) is 20.6. The predicted octanol–water partition coefficient (Wildman–Crippen LogP) is 3.66. The first-order valence-electron chi connectivity index (χ1n) is 9.52. The standard InChI is InChI=1S/C21H20FN3O3S2/c22-17-7-5-16(6-8-17)21-24-19(14-29-21)20(26)23-13-15-3-9-18(10-4-15)30(27,28)25-11-1-2-12-25/h3-10,14H,1-2,11-13H2,(H,23,26). The molecular formula is C21H20FN3O3S2. The first-order chi connectivity index (χ1) is 14.4. The van der Waals surface area contributed by atoms with Crippen LogP contribution in [0.5, 0.6) is 0 Å². The van der Waals surface area contributed by atoms with Gasteiger partial charge in [-0.1, -0.05) is 12.1 Å². The summed E-state index contributed by atoms with van der Waals surface area (Å²) in [6, 6.07) is 12.5. The highest BCUT2D eigenvalue weighted by Gasteiger charge is 2.26. The Hall–Kier alpha value is -2.62. The summed E-state index contributed by atoms with van der Waals surface area (Å²) < 4.78 is 39.7. The van der Waals surface area contributed by atoms with Crippen molar-refractivity contribution in [1.82, 2.24) is 14.6 Å². The van der Waals surface area contributed by atoms with Gasteiger partial charge in [0.05, 0.1) is 4.90 Å². The number of benzene rings is 2. The summed E-state index contributed by atoms with van der Waals surface area (Å²) in [6.07, 6.45) is 1.78. The van der Waals surface area contributed by atoms with Gasteiger partial charge in [0, 0.05) is 30.6 Å². The number of hydrogen-bond donors (Lipinski definition) is 1. The van der Waals surface area contributed by atoms with Gasteiger partial charge in [0.25, 0.3) is 5.91 Å². The van der Waals surface area contributed by atoms with E-state index in [1.807, 2.05) is 0 Å². The molecule has 0 atom stereocenters. The molecule has 156 valence electrons. The lowest BCUT2D eigenvalue weighted by molar-refractivity contribution is 0.0946. The van der Waals surface area contributed by atoms with E-state index in [1.54, 1.807) is 41.8 Å². The number of aromatic nitrogens is 1. The van der Waals surface area contributed by atoms with Gasteiger partial charge < -0.3 is 5.32 Å². The molecule has 0 spiro atoms. The largest absolute Gasteiger partial charge is 0.347 e. The molecule has 0 bridgehead atoms. The molecule has 1 saturated heterocycles. The number of halogens is 1. The highest BCUT2D eigenvalue weighted by Crippen LogP contribution is 2.24. The summed E-state index contributed by atoms with van der Waals surface area (Å²) in [7, 11) is -3.44. The molecule has 9 heteroatoms. The van der Waals surface area contributed by atoms with Crippen LogP contribution < -0.4 is 5.32 Å². The predicted molar refractivity (Wildman–Crippen MR) is 113 cm³/mol. The van der Waals surface area contributed by atoms with E-state index < -0.39 is 10.0 Å². The lowest BCUT2D eigenvalue weighted by Crippen LogP contribution is -2.28. The van der Waals surface area contributed by atoms with E-state index in [9.17, 15) is 17.6 Å². The molecule has 2 heterocycles. The third-order valence-corrected chi connectivity index (χ3v) is 7.71. The van der Waals surface area contributed by atoms with Crippen LogP contribution in [0.3, 0.4) is 0 Å². The van der Waals surface area contributed by atoms with Crippen molar-refractivity contribution in [1.29, 1.82) is 0 Å². The molecule has 1 aliphatic heterocycles. The smallest absolute Gasteiger partial charge is 0.271 e. The van der Waals surface area contributed by atoms with Crippen molar-refractivity contribution in [3.63, 3.8) is 0 Å². The molecule has 3 aromatic rings. The van der Waals surface area contributed by atoms with Crippen molar-refractivity contribution >= 4 is 27.3 Å². The van der Waals surface area contributed by atoms with Crippen LogP contribution >= 0.6 is 11.3 Å². The summed E-state index contributed by atoms with van der Waals surface area (Å²) in [5.41, 5.74) is 1.82. The van der Waals surface area contributed by atoms with Gasteiger partial charge >= 0.3 is 0 Å². The van der Waals surface area contributed by atoms with Crippen molar-refractivity contribution in [2.24, 2.45) is 0 Å². The average Bonchev–Trinajstić information content (AvgIpc) is 3.45. The molecule has 6 nitrogen and oxygen atoms in total. The Morgan fingerprint density at radius 2 is 1.73 bits per heavy atom. The van der Waals surface area contributed by atoms with Crippen LogP contribution in [0.15, 0.2) is 58.8 Å². The fraction of sp³-hybridized carbons (Fsp3) is 0.238. The monoisotopic (exact) mass is 445 g/mol.